The molecule has 0 aromatic rings. The van der Waals surface area contributed by atoms with Crippen LogP contribution in [0, 0.1) is 30.1 Å². The van der Waals surface area contributed by atoms with Crippen molar-refractivity contribution < 1.29 is 123 Å². The summed E-state index contributed by atoms with van der Waals surface area (Å²) < 4.78 is 59.6. The van der Waals surface area contributed by atoms with Crippen molar-refractivity contribution in [2.24, 2.45) is 23.7 Å². The van der Waals surface area contributed by atoms with Crippen LogP contribution in [0.1, 0.15) is 27.2 Å². The van der Waals surface area contributed by atoms with Crippen LogP contribution in [-0.4, -0.2) is 54.9 Å². The minimum absolute atomic E-state index is 0. The van der Waals surface area contributed by atoms with E-state index in [2.05, 4.69) is 4.74 Å². The van der Waals surface area contributed by atoms with Crippen molar-refractivity contribution >= 4 is 29.8 Å². The average molecular weight is 493 g/mol. The second-order valence-electron chi connectivity index (χ2n) is 6.69. The summed E-state index contributed by atoms with van der Waals surface area (Å²) in [6.07, 6.45) is -6.63. The van der Waals surface area contributed by atoms with E-state index < -0.39 is 85.0 Å². The standard InChI is InChI=1S/C18H23F4O10.3Li/c1-4-9(32-8(3)23)11(16(30)31-6-5-18(21,22)17(19)20)12(15(28)29)10(14(26)27)7(2)13(24)25;;;/h5,7,9-12,17H,4,6H2,1-3H3,(H,24,25)(H,26,27)(H,28,29);;;/q;3*+1/p-3. The summed E-state index contributed by atoms with van der Waals surface area (Å²) in [6.45, 7) is 1.37. The molecule has 0 saturated heterocycles. The third-order valence-electron chi connectivity index (χ3n) is 4.49. The Kier molecular flexibility index (Phi) is 21.3. The number of carbonyl (C=O) groups excluding carboxylic acids is 5. The molecule has 0 rings (SSSR count). The maximum atomic E-state index is 13.0. The number of aliphatic carboxylic acids is 3. The minimum Gasteiger partial charge on any atom is -0.550 e. The normalized spacial score (nSPS) is 15.0. The summed E-state index contributed by atoms with van der Waals surface area (Å²) >= 11 is 0. The summed E-state index contributed by atoms with van der Waals surface area (Å²) in [5.41, 5.74) is 0. The quantitative estimate of drug-likeness (QED) is 0.128. The number of esters is 2. The van der Waals surface area contributed by atoms with Crippen molar-refractivity contribution in [3.8, 4) is 0 Å². The zero-order valence-corrected chi connectivity index (χ0v) is 20.1. The van der Waals surface area contributed by atoms with Crippen LogP contribution in [0.15, 0.2) is 0 Å². The van der Waals surface area contributed by atoms with Crippen molar-refractivity contribution in [2.45, 2.75) is 45.6 Å². The van der Waals surface area contributed by atoms with Gasteiger partial charge in [0, 0.05) is 42.6 Å². The molecule has 0 N–H and O–H groups in total. The molecule has 183 valence electrons. The Morgan fingerprint density at radius 3 is 1.66 bits per heavy atom. The molecule has 0 fully saturated rings. The van der Waals surface area contributed by atoms with Crippen LogP contribution in [-0.2, 0) is 33.4 Å². The van der Waals surface area contributed by atoms with Gasteiger partial charge in [-0.15, -0.1) is 0 Å². The van der Waals surface area contributed by atoms with Crippen LogP contribution < -0.4 is 71.9 Å². The molecule has 0 aromatic carbocycles. The maximum absolute atomic E-state index is 13.0. The monoisotopic (exact) mass is 493 g/mol. The van der Waals surface area contributed by atoms with Gasteiger partial charge in [0.1, 0.15) is 18.6 Å². The Balaban J connectivity index is -0.00000160. The Morgan fingerprint density at radius 1 is 0.886 bits per heavy atom. The fraction of sp³-hybridized carbons (Fsp3) is 0.667. The zero-order chi connectivity index (χ0) is 25.4. The first-order chi connectivity index (χ1) is 14.6. The molecule has 17 heteroatoms. The van der Waals surface area contributed by atoms with Crippen LogP contribution in [0.5, 0.6) is 0 Å². The van der Waals surface area contributed by atoms with Crippen molar-refractivity contribution in [2.75, 3.05) is 6.61 Å². The molecule has 10 nitrogen and oxygen atoms in total. The molecule has 0 spiro atoms. The van der Waals surface area contributed by atoms with Gasteiger partial charge in [-0.1, -0.05) is 13.8 Å². The fourth-order valence-electron chi connectivity index (χ4n) is 2.90. The van der Waals surface area contributed by atoms with E-state index in [0.717, 1.165) is 13.8 Å². The number of ether oxygens (including phenoxy) is 2. The molecule has 0 aliphatic heterocycles. The smallest absolute Gasteiger partial charge is 0.550 e. The fourth-order valence-corrected chi connectivity index (χ4v) is 2.90. The predicted octanol–water partition coefficient (Wildman–Crippen LogP) is -11.3. The molecular weight excluding hydrogens is 473 g/mol. The molecule has 0 aliphatic carbocycles. The third-order valence-corrected chi connectivity index (χ3v) is 4.49. The number of rotatable bonds is 14. The molecule has 5 unspecified atom stereocenters. The molecule has 0 aromatic heterocycles. The van der Waals surface area contributed by atoms with Crippen molar-refractivity contribution in [1.82, 2.24) is 0 Å². The Hall–Kier alpha value is -1.14. The number of alkyl halides is 4. The van der Waals surface area contributed by atoms with Crippen LogP contribution in [0.4, 0.5) is 17.6 Å². The van der Waals surface area contributed by atoms with E-state index in [9.17, 15) is 56.9 Å². The van der Waals surface area contributed by atoms with Gasteiger partial charge in [-0.3, -0.25) is 9.59 Å². The van der Waals surface area contributed by atoms with Gasteiger partial charge in [0.2, 0.25) is 0 Å². The predicted molar refractivity (Wildman–Crippen MR) is 86.7 cm³/mol. The van der Waals surface area contributed by atoms with Crippen LogP contribution in [0.3, 0.4) is 0 Å². The molecule has 0 saturated carbocycles. The molecular formula is C18H20F4Li3O10. The topological polar surface area (TPSA) is 173 Å². The molecule has 0 aliphatic rings. The van der Waals surface area contributed by atoms with Gasteiger partial charge in [0.15, 0.2) is 0 Å². The summed E-state index contributed by atoms with van der Waals surface area (Å²) in [7, 11) is 0. The second-order valence-corrected chi connectivity index (χ2v) is 6.69. The summed E-state index contributed by atoms with van der Waals surface area (Å²) in [4.78, 5) is 58.3. The first-order valence-corrected chi connectivity index (χ1v) is 9.05. The van der Waals surface area contributed by atoms with E-state index in [1.165, 1.54) is 6.92 Å². The molecule has 1 radical (unpaired) electrons. The van der Waals surface area contributed by atoms with Gasteiger partial charge < -0.3 is 39.2 Å². The maximum Gasteiger partial charge on any atom is 1.00 e. The Bertz CT molecular complexity index is 727. The number of halogens is 4. The van der Waals surface area contributed by atoms with E-state index in [0.29, 0.717) is 0 Å². The number of hydrogen-bond donors (Lipinski definition) is 0. The summed E-state index contributed by atoms with van der Waals surface area (Å²) in [5, 5.41) is 34.4. The van der Waals surface area contributed by atoms with Crippen LogP contribution in [0.2, 0.25) is 0 Å². The van der Waals surface area contributed by atoms with Gasteiger partial charge in [0.05, 0.1) is 6.42 Å². The zero-order valence-electron chi connectivity index (χ0n) is 20.1. The largest absolute Gasteiger partial charge is 1.00 e. The number of carboxylic acids is 3. The summed E-state index contributed by atoms with van der Waals surface area (Å²) in [5.74, 6) is -23.5. The van der Waals surface area contributed by atoms with E-state index in [1.807, 2.05) is 0 Å². The van der Waals surface area contributed by atoms with Gasteiger partial charge in [-0.25, -0.2) is 8.78 Å². The minimum atomic E-state index is -4.68. The molecule has 35 heavy (non-hydrogen) atoms. The van der Waals surface area contributed by atoms with Crippen molar-refractivity contribution in [3.63, 3.8) is 0 Å². The van der Waals surface area contributed by atoms with Gasteiger partial charge in [-0.2, -0.15) is 8.78 Å². The third kappa shape index (κ3) is 12.6. The van der Waals surface area contributed by atoms with Crippen LogP contribution in [0.25, 0.3) is 0 Å². The SMILES string of the molecule is CCC(OC(C)=O)C(C(=O)OC[CH]C(F)(F)C(F)F)C(C(=O)[O-])C(C(=O)[O-])C(C)C(=O)[O-].[Li+].[Li+].[Li+]. The van der Waals surface area contributed by atoms with E-state index in [-0.39, 0.29) is 63.0 Å². The Morgan fingerprint density at radius 2 is 1.34 bits per heavy atom. The molecule has 0 heterocycles. The van der Waals surface area contributed by atoms with E-state index in [4.69, 9.17) is 4.74 Å². The number of hydrogen-bond acceptors (Lipinski definition) is 10. The molecule has 5 atom stereocenters. The molecule has 0 amide bonds. The van der Waals surface area contributed by atoms with E-state index >= 15 is 0 Å². The van der Waals surface area contributed by atoms with Gasteiger partial charge >= 0.3 is 80.9 Å². The average Bonchev–Trinajstić information content (AvgIpc) is 2.64. The van der Waals surface area contributed by atoms with Gasteiger partial charge in [0.25, 0.3) is 0 Å². The van der Waals surface area contributed by atoms with Crippen LogP contribution >= 0.6 is 0 Å². The van der Waals surface area contributed by atoms with Crippen molar-refractivity contribution in [3.05, 3.63) is 6.42 Å². The Labute approximate surface area is 234 Å². The number of carbonyl (C=O) groups is 5. The first-order valence-electron chi connectivity index (χ1n) is 9.05. The molecule has 0 bridgehead atoms. The summed E-state index contributed by atoms with van der Waals surface area (Å²) in [6, 6.07) is 0. The van der Waals surface area contributed by atoms with Gasteiger partial charge in [-0.05, 0) is 6.42 Å². The van der Waals surface area contributed by atoms with E-state index in [1.54, 1.807) is 0 Å². The van der Waals surface area contributed by atoms with Crippen molar-refractivity contribution in [1.29, 1.82) is 0 Å². The first kappa shape index (κ1) is 41.0. The number of carboxylic acid groups (broad SMARTS) is 3. The second kappa shape index (κ2) is 18.2.